The molecule has 1 aromatic carbocycles. The first-order valence-electron chi connectivity index (χ1n) is 6.33. The smallest absolute Gasteiger partial charge is 0.242 e. The Labute approximate surface area is 118 Å². The van der Waals surface area contributed by atoms with Gasteiger partial charge in [-0.05, 0) is 30.7 Å². The van der Waals surface area contributed by atoms with Crippen LogP contribution in [0, 0.1) is 0 Å². The van der Waals surface area contributed by atoms with E-state index in [1.54, 1.807) is 32.6 Å². The van der Waals surface area contributed by atoms with Gasteiger partial charge in [-0.2, -0.15) is 5.10 Å². The zero-order valence-corrected chi connectivity index (χ0v) is 12.0. The van der Waals surface area contributed by atoms with Gasteiger partial charge in [0.25, 0.3) is 0 Å². The maximum atomic E-state index is 11.4. The summed E-state index contributed by atoms with van der Waals surface area (Å²) in [5.74, 6) is 1.07. The first-order chi connectivity index (χ1) is 9.71. The highest BCUT2D eigenvalue weighted by molar-refractivity contribution is 5.83. The lowest BCUT2D eigenvalue weighted by atomic mass is 10.2. The summed E-state index contributed by atoms with van der Waals surface area (Å²) in [6, 6.07) is 5.36. The standard InChI is InChI=1S/C14H20N2O4/c1-4-20-8-7-14(17)16-15-10-11-5-6-12(18-2)13(9-11)19-3/h5-6,9-10H,4,7-8H2,1-3H3,(H,16,17)/b15-10+. The fourth-order valence-electron chi connectivity index (χ4n) is 1.48. The van der Waals surface area contributed by atoms with Crippen LogP contribution in [0.4, 0.5) is 0 Å². The predicted molar refractivity (Wildman–Crippen MR) is 76.4 cm³/mol. The van der Waals surface area contributed by atoms with Gasteiger partial charge in [0, 0.05) is 6.61 Å². The molecular formula is C14H20N2O4. The fourth-order valence-corrected chi connectivity index (χ4v) is 1.48. The van der Waals surface area contributed by atoms with Crippen LogP contribution < -0.4 is 14.9 Å². The summed E-state index contributed by atoms with van der Waals surface area (Å²) in [6.07, 6.45) is 1.83. The fraction of sp³-hybridized carbons (Fsp3) is 0.429. The van der Waals surface area contributed by atoms with Crippen LogP contribution in [0.1, 0.15) is 18.9 Å². The van der Waals surface area contributed by atoms with Crippen LogP contribution in [-0.2, 0) is 9.53 Å². The summed E-state index contributed by atoms with van der Waals surface area (Å²) < 4.78 is 15.4. The molecule has 0 radical (unpaired) electrons. The lowest BCUT2D eigenvalue weighted by Gasteiger charge is -2.07. The third-order valence-corrected chi connectivity index (χ3v) is 2.49. The molecule has 0 aromatic heterocycles. The average molecular weight is 280 g/mol. The van der Waals surface area contributed by atoms with Crippen molar-refractivity contribution in [2.75, 3.05) is 27.4 Å². The molecule has 0 spiro atoms. The van der Waals surface area contributed by atoms with E-state index in [1.165, 1.54) is 0 Å². The van der Waals surface area contributed by atoms with Crippen LogP contribution in [0.2, 0.25) is 0 Å². The Balaban J connectivity index is 2.51. The summed E-state index contributed by atoms with van der Waals surface area (Å²) in [4.78, 5) is 11.4. The lowest BCUT2D eigenvalue weighted by Crippen LogP contribution is -2.19. The number of amides is 1. The second kappa shape index (κ2) is 8.92. The molecule has 1 amide bonds. The highest BCUT2D eigenvalue weighted by Gasteiger charge is 2.03. The monoisotopic (exact) mass is 280 g/mol. The van der Waals surface area contributed by atoms with Gasteiger partial charge in [0.15, 0.2) is 11.5 Å². The van der Waals surface area contributed by atoms with E-state index >= 15 is 0 Å². The van der Waals surface area contributed by atoms with E-state index in [4.69, 9.17) is 14.2 Å². The van der Waals surface area contributed by atoms with Crippen molar-refractivity contribution < 1.29 is 19.0 Å². The van der Waals surface area contributed by atoms with Gasteiger partial charge in [0.1, 0.15) is 0 Å². The first kappa shape index (κ1) is 16.0. The summed E-state index contributed by atoms with van der Waals surface area (Å²) in [5.41, 5.74) is 3.23. The first-order valence-corrected chi connectivity index (χ1v) is 6.33. The van der Waals surface area contributed by atoms with Crippen molar-refractivity contribution in [1.29, 1.82) is 0 Å². The molecule has 0 fully saturated rings. The second-order valence-corrected chi connectivity index (χ2v) is 3.85. The van der Waals surface area contributed by atoms with Gasteiger partial charge < -0.3 is 14.2 Å². The predicted octanol–water partition coefficient (Wildman–Crippen LogP) is 1.58. The zero-order valence-electron chi connectivity index (χ0n) is 12.0. The van der Waals surface area contributed by atoms with Crippen molar-refractivity contribution >= 4 is 12.1 Å². The SMILES string of the molecule is CCOCCC(=O)N/N=C/c1ccc(OC)c(OC)c1. The number of hydrogen-bond donors (Lipinski definition) is 1. The number of carbonyl (C=O) groups excluding carboxylic acids is 1. The highest BCUT2D eigenvalue weighted by Crippen LogP contribution is 2.26. The number of hydrazone groups is 1. The third-order valence-electron chi connectivity index (χ3n) is 2.49. The third kappa shape index (κ3) is 5.27. The van der Waals surface area contributed by atoms with E-state index in [0.29, 0.717) is 24.7 Å². The number of methoxy groups -OCH3 is 2. The van der Waals surface area contributed by atoms with Gasteiger partial charge in [-0.15, -0.1) is 0 Å². The molecule has 0 saturated heterocycles. The molecule has 0 aliphatic carbocycles. The lowest BCUT2D eigenvalue weighted by molar-refractivity contribution is -0.122. The van der Waals surface area contributed by atoms with Gasteiger partial charge in [0.05, 0.1) is 33.5 Å². The number of benzene rings is 1. The summed E-state index contributed by atoms with van der Waals surface area (Å²) >= 11 is 0. The second-order valence-electron chi connectivity index (χ2n) is 3.85. The molecule has 0 unspecified atom stereocenters. The minimum atomic E-state index is -0.185. The highest BCUT2D eigenvalue weighted by atomic mass is 16.5. The molecular weight excluding hydrogens is 260 g/mol. The molecule has 1 rings (SSSR count). The number of nitrogens with zero attached hydrogens (tertiary/aromatic N) is 1. The molecule has 20 heavy (non-hydrogen) atoms. The Morgan fingerprint density at radius 2 is 2.05 bits per heavy atom. The summed E-state index contributed by atoms with van der Waals surface area (Å²) in [5, 5.41) is 3.87. The molecule has 1 N–H and O–H groups in total. The number of carbonyl (C=O) groups is 1. The topological polar surface area (TPSA) is 69.2 Å². The van der Waals surface area contributed by atoms with Crippen LogP contribution in [0.25, 0.3) is 0 Å². The summed E-state index contributed by atoms with van der Waals surface area (Å²) in [6.45, 7) is 2.88. The zero-order chi connectivity index (χ0) is 14.8. The van der Waals surface area contributed by atoms with Crippen LogP contribution >= 0.6 is 0 Å². The van der Waals surface area contributed by atoms with Crippen molar-refractivity contribution in [2.45, 2.75) is 13.3 Å². The van der Waals surface area contributed by atoms with E-state index in [2.05, 4.69) is 10.5 Å². The Kier molecular flexibility index (Phi) is 7.13. The molecule has 6 nitrogen and oxygen atoms in total. The van der Waals surface area contributed by atoms with Gasteiger partial charge in [-0.25, -0.2) is 5.43 Å². The Morgan fingerprint density at radius 1 is 1.30 bits per heavy atom. The van der Waals surface area contributed by atoms with Crippen molar-refractivity contribution in [1.82, 2.24) is 5.43 Å². The maximum Gasteiger partial charge on any atom is 0.242 e. The summed E-state index contributed by atoms with van der Waals surface area (Å²) in [7, 11) is 3.14. The minimum Gasteiger partial charge on any atom is -0.493 e. The molecule has 6 heteroatoms. The number of nitrogens with one attached hydrogen (secondary N) is 1. The van der Waals surface area contributed by atoms with E-state index < -0.39 is 0 Å². The van der Waals surface area contributed by atoms with E-state index in [-0.39, 0.29) is 12.3 Å². The Bertz CT molecular complexity index is 460. The molecule has 0 saturated carbocycles. The number of rotatable bonds is 8. The molecule has 110 valence electrons. The molecule has 0 aliphatic heterocycles. The Morgan fingerprint density at radius 3 is 2.70 bits per heavy atom. The average Bonchev–Trinajstić information content (AvgIpc) is 2.47. The Hall–Kier alpha value is -2.08. The molecule has 0 bridgehead atoms. The van der Waals surface area contributed by atoms with Crippen LogP contribution in [0.15, 0.2) is 23.3 Å². The van der Waals surface area contributed by atoms with Gasteiger partial charge >= 0.3 is 0 Å². The van der Waals surface area contributed by atoms with Gasteiger partial charge in [0.2, 0.25) is 5.91 Å². The molecule has 0 heterocycles. The van der Waals surface area contributed by atoms with E-state index in [9.17, 15) is 4.79 Å². The maximum absolute atomic E-state index is 11.4. The molecule has 1 aromatic rings. The minimum absolute atomic E-state index is 0.185. The number of ether oxygens (including phenoxy) is 3. The van der Waals surface area contributed by atoms with Crippen LogP contribution in [-0.4, -0.2) is 39.6 Å². The van der Waals surface area contributed by atoms with Crippen molar-refractivity contribution in [3.63, 3.8) is 0 Å². The van der Waals surface area contributed by atoms with Gasteiger partial charge in [-0.1, -0.05) is 0 Å². The van der Waals surface area contributed by atoms with Crippen LogP contribution in [0.5, 0.6) is 11.5 Å². The quantitative estimate of drug-likeness (QED) is 0.446. The van der Waals surface area contributed by atoms with Crippen LogP contribution in [0.3, 0.4) is 0 Å². The largest absolute Gasteiger partial charge is 0.493 e. The van der Waals surface area contributed by atoms with Gasteiger partial charge in [-0.3, -0.25) is 4.79 Å². The van der Waals surface area contributed by atoms with Crippen molar-refractivity contribution in [3.8, 4) is 11.5 Å². The van der Waals surface area contributed by atoms with Crippen molar-refractivity contribution in [2.24, 2.45) is 5.10 Å². The van der Waals surface area contributed by atoms with Crippen molar-refractivity contribution in [3.05, 3.63) is 23.8 Å². The number of hydrogen-bond acceptors (Lipinski definition) is 5. The molecule has 0 atom stereocenters. The van der Waals surface area contributed by atoms with E-state index in [1.807, 2.05) is 13.0 Å². The molecule has 0 aliphatic rings. The van der Waals surface area contributed by atoms with E-state index in [0.717, 1.165) is 5.56 Å². The normalized spacial score (nSPS) is 10.6.